The first-order valence-electron chi connectivity index (χ1n) is 10.9. The van der Waals surface area contributed by atoms with E-state index in [-0.39, 0.29) is 0 Å². The highest BCUT2D eigenvalue weighted by atomic mass is 15.1. The van der Waals surface area contributed by atoms with Crippen LogP contribution in [0.3, 0.4) is 0 Å². The maximum Gasteiger partial charge on any atom is 0.213 e. The molecule has 0 fully saturated rings. The molecule has 0 amide bonds. The fraction of sp³-hybridized carbons (Fsp3) is 0.207. The van der Waals surface area contributed by atoms with Crippen molar-refractivity contribution in [2.24, 2.45) is 7.05 Å². The average molecular weight is 406 g/mol. The summed E-state index contributed by atoms with van der Waals surface area (Å²) >= 11 is 0. The van der Waals surface area contributed by atoms with Gasteiger partial charge in [-0.05, 0) is 65.1 Å². The maximum atomic E-state index is 2.39. The van der Waals surface area contributed by atoms with Gasteiger partial charge in [0, 0.05) is 36.6 Å². The second kappa shape index (κ2) is 7.09. The van der Waals surface area contributed by atoms with Gasteiger partial charge in [-0.25, -0.2) is 4.57 Å². The molecule has 0 saturated carbocycles. The fourth-order valence-electron chi connectivity index (χ4n) is 5.09. The summed E-state index contributed by atoms with van der Waals surface area (Å²) in [4.78, 5) is 2.22. The van der Waals surface area contributed by atoms with Crippen molar-refractivity contribution < 1.29 is 4.57 Å². The van der Waals surface area contributed by atoms with Crippen molar-refractivity contribution >= 4 is 38.0 Å². The van der Waals surface area contributed by atoms with Gasteiger partial charge in [0.1, 0.15) is 7.05 Å². The van der Waals surface area contributed by atoms with Gasteiger partial charge < -0.3 is 4.90 Å². The van der Waals surface area contributed by atoms with E-state index >= 15 is 0 Å². The van der Waals surface area contributed by atoms with Crippen LogP contribution < -0.4 is 9.47 Å². The molecule has 5 rings (SSSR count). The Morgan fingerprint density at radius 2 is 1.13 bits per heavy atom. The summed E-state index contributed by atoms with van der Waals surface area (Å²) in [6, 6.07) is 22.2. The Hall–Kier alpha value is -3.39. The van der Waals surface area contributed by atoms with E-state index in [0.29, 0.717) is 0 Å². The van der Waals surface area contributed by atoms with Crippen molar-refractivity contribution in [3.63, 3.8) is 0 Å². The summed E-state index contributed by atoms with van der Waals surface area (Å²) in [5.41, 5.74) is 7.81. The van der Waals surface area contributed by atoms with Crippen LogP contribution in [0.15, 0.2) is 66.9 Å². The number of aromatic nitrogens is 1. The van der Waals surface area contributed by atoms with Crippen LogP contribution >= 0.6 is 0 Å². The topological polar surface area (TPSA) is 7.12 Å². The Labute approximate surface area is 184 Å². The van der Waals surface area contributed by atoms with Gasteiger partial charge in [0.25, 0.3) is 0 Å². The second-order valence-electron chi connectivity index (χ2n) is 8.90. The molecule has 0 spiro atoms. The minimum absolute atomic E-state index is 1.25. The van der Waals surface area contributed by atoms with E-state index in [1.54, 1.807) is 0 Å². The largest absolute Gasteiger partial charge is 0.377 e. The summed E-state index contributed by atoms with van der Waals surface area (Å²) in [7, 11) is 6.42. The third kappa shape index (κ3) is 2.90. The Morgan fingerprint density at radius 3 is 1.71 bits per heavy atom. The van der Waals surface area contributed by atoms with Crippen molar-refractivity contribution in [2.45, 2.75) is 20.8 Å². The number of fused-ring (bicyclic) bond motifs is 3. The number of rotatable bonds is 2. The van der Waals surface area contributed by atoms with Gasteiger partial charge in [0.2, 0.25) is 5.69 Å². The number of aryl methyl sites for hydroxylation is 4. The first kappa shape index (κ1) is 19.6. The zero-order valence-electron chi connectivity index (χ0n) is 19.2. The van der Waals surface area contributed by atoms with Crippen molar-refractivity contribution in [1.29, 1.82) is 0 Å². The zero-order chi connectivity index (χ0) is 21.9. The van der Waals surface area contributed by atoms with Crippen LogP contribution in [0, 0.1) is 20.8 Å². The van der Waals surface area contributed by atoms with Gasteiger partial charge in [-0.3, -0.25) is 0 Å². The molecule has 2 nitrogen and oxygen atoms in total. The molecule has 0 radical (unpaired) electrons. The van der Waals surface area contributed by atoms with Crippen LogP contribution in [-0.2, 0) is 7.05 Å². The van der Waals surface area contributed by atoms with Crippen molar-refractivity contribution in [2.75, 3.05) is 19.0 Å². The number of pyridine rings is 1. The number of benzene rings is 4. The number of hydrogen-bond acceptors (Lipinski definition) is 1. The molecule has 4 aromatic carbocycles. The van der Waals surface area contributed by atoms with Crippen LogP contribution in [0.2, 0.25) is 0 Å². The molecule has 0 aliphatic heterocycles. The zero-order valence-corrected chi connectivity index (χ0v) is 19.2. The molecular weight excluding hydrogens is 376 g/mol. The van der Waals surface area contributed by atoms with E-state index in [2.05, 4.69) is 118 Å². The molecule has 0 unspecified atom stereocenters. The third-order valence-electron chi connectivity index (χ3n) is 6.87. The summed E-state index contributed by atoms with van der Waals surface area (Å²) in [6.07, 6.45) is 2.31. The van der Waals surface area contributed by atoms with E-state index in [9.17, 15) is 0 Å². The summed E-state index contributed by atoms with van der Waals surface area (Å²) < 4.78 is 2.29. The van der Waals surface area contributed by atoms with Crippen LogP contribution in [0.1, 0.15) is 16.7 Å². The fourth-order valence-corrected chi connectivity index (χ4v) is 5.09. The van der Waals surface area contributed by atoms with Gasteiger partial charge >= 0.3 is 0 Å². The van der Waals surface area contributed by atoms with E-state index in [1.165, 1.54) is 66.0 Å². The molecule has 154 valence electrons. The molecule has 0 atom stereocenters. The normalized spacial score (nSPS) is 11.5. The van der Waals surface area contributed by atoms with Crippen LogP contribution in [0.5, 0.6) is 0 Å². The summed E-state index contributed by atoms with van der Waals surface area (Å²) in [6.45, 7) is 6.75. The standard InChI is InChI=1S/C29H29N2/c1-18-21-11-7-8-12-22(21)20(3)27-17-31(6)29(15-25(18)27)26-16-28(30(4)5)24-14-10-9-13-23(24)19(26)2/h7-17H,1-6H3/q+1. The highest BCUT2D eigenvalue weighted by molar-refractivity contribution is 6.06. The average Bonchev–Trinajstić information content (AvgIpc) is 2.78. The van der Waals surface area contributed by atoms with Gasteiger partial charge in [0.05, 0.1) is 5.56 Å². The molecule has 0 bridgehead atoms. The highest BCUT2D eigenvalue weighted by Crippen LogP contribution is 2.37. The second-order valence-corrected chi connectivity index (χ2v) is 8.90. The predicted molar refractivity (Wildman–Crippen MR) is 134 cm³/mol. The van der Waals surface area contributed by atoms with Crippen LogP contribution in [0.4, 0.5) is 5.69 Å². The predicted octanol–water partition coefficient (Wildman–Crippen LogP) is 6.63. The molecule has 0 N–H and O–H groups in total. The van der Waals surface area contributed by atoms with E-state index in [0.717, 1.165) is 0 Å². The van der Waals surface area contributed by atoms with Crippen LogP contribution in [-0.4, -0.2) is 14.1 Å². The summed E-state index contributed by atoms with van der Waals surface area (Å²) in [5.74, 6) is 0. The smallest absolute Gasteiger partial charge is 0.213 e. The number of nitrogens with zero attached hydrogens (tertiary/aromatic N) is 2. The first-order valence-corrected chi connectivity index (χ1v) is 10.9. The monoisotopic (exact) mass is 405 g/mol. The molecule has 1 aromatic heterocycles. The van der Waals surface area contributed by atoms with E-state index in [4.69, 9.17) is 0 Å². The van der Waals surface area contributed by atoms with Gasteiger partial charge in [-0.1, -0.05) is 48.5 Å². The lowest BCUT2D eigenvalue weighted by Gasteiger charge is -2.19. The maximum absolute atomic E-state index is 2.39. The Kier molecular flexibility index (Phi) is 4.48. The third-order valence-corrected chi connectivity index (χ3v) is 6.87. The molecule has 0 aliphatic carbocycles. The SMILES string of the molecule is Cc1c(-c2cc3c(C)c4ccccc4c(C)c3c[n+]2C)cc(N(C)C)c2ccccc12. The lowest BCUT2D eigenvalue weighted by atomic mass is 9.91. The van der Waals surface area contributed by atoms with E-state index < -0.39 is 0 Å². The van der Waals surface area contributed by atoms with Crippen LogP contribution in [0.25, 0.3) is 43.6 Å². The lowest BCUT2D eigenvalue weighted by molar-refractivity contribution is -0.659. The molecular formula is C29H29N2+. The lowest BCUT2D eigenvalue weighted by Crippen LogP contribution is -2.31. The molecule has 0 saturated heterocycles. The molecule has 5 aromatic rings. The first-order chi connectivity index (χ1) is 14.9. The van der Waals surface area contributed by atoms with Crippen molar-refractivity contribution in [1.82, 2.24) is 0 Å². The van der Waals surface area contributed by atoms with Crippen molar-refractivity contribution in [3.05, 3.63) is 83.6 Å². The Balaban J connectivity index is 1.89. The van der Waals surface area contributed by atoms with Gasteiger partial charge in [-0.15, -0.1) is 0 Å². The molecule has 2 heteroatoms. The minimum Gasteiger partial charge on any atom is -0.377 e. The number of hydrogen-bond donors (Lipinski definition) is 0. The molecule has 0 aliphatic rings. The Bertz CT molecular complexity index is 1490. The minimum atomic E-state index is 1.25. The highest BCUT2D eigenvalue weighted by Gasteiger charge is 2.20. The summed E-state index contributed by atoms with van der Waals surface area (Å²) in [5, 5.41) is 7.97. The quantitative estimate of drug-likeness (QED) is 0.236. The molecule has 31 heavy (non-hydrogen) atoms. The Morgan fingerprint density at radius 1 is 0.613 bits per heavy atom. The van der Waals surface area contributed by atoms with Gasteiger partial charge in [0.15, 0.2) is 6.20 Å². The van der Waals surface area contributed by atoms with Crippen molar-refractivity contribution in [3.8, 4) is 11.3 Å². The molecule has 1 heterocycles. The number of anilines is 1. The van der Waals surface area contributed by atoms with Gasteiger partial charge in [-0.2, -0.15) is 0 Å². The van der Waals surface area contributed by atoms with E-state index in [1.807, 2.05) is 0 Å².